The van der Waals surface area contributed by atoms with E-state index in [9.17, 15) is 8.42 Å². The zero-order chi connectivity index (χ0) is 13.0. The normalized spacial score (nSPS) is 10.9. The summed E-state index contributed by atoms with van der Waals surface area (Å²) in [5.74, 6) is 5.25. The van der Waals surface area contributed by atoms with Gasteiger partial charge in [-0.1, -0.05) is 0 Å². The molecular formula is C10H11N5O2S. The van der Waals surface area contributed by atoms with E-state index in [4.69, 9.17) is 5.84 Å². The summed E-state index contributed by atoms with van der Waals surface area (Å²) in [6, 6.07) is 6.18. The molecule has 4 N–H and O–H groups in total. The molecule has 0 radical (unpaired) electrons. The molecule has 2 aromatic heterocycles. The number of nitrogens with one attached hydrogen (secondary N) is 2. The lowest BCUT2D eigenvalue weighted by atomic mass is 10.4. The van der Waals surface area contributed by atoms with E-state index in [0.29, 0.717) is 5.69 Å². The average molecular weight is 265 g/mol. The Labute approximate surface area is 104 Å². The van der Waals surface area contributed by atoms with Gasteiger partial charge in [0.05, 0.1) is 11.4 Å². The summed E-state index contributed by atoms with van der Waals surface area (Å²) in [7, 11) is -3.79. The molecule has 0 saturated heterocycles. The maximum absolute atomic E-state index is 12.1. The second kappa shape index (κ2) is 4.98. The van der Waals surface area contributed by atoms with Crippen molar-refractivity contribution in [1.82, 2.24) is 9.97 Å². The molecule has 18 heavy (non-hydrogen) atoms. The van der Waals surface area contributed by atoms with E-state index in [1.807, 2.05) is 0 Å². The zero-order valence-corrected chi connectivity index (χ0v) is 10.1. The minimum Gasteiger partial charge on any atom is -0.321 e. The van der Waals surface area contributed by atoms with E-state index >= 15 is 0 Å². The van der Waals surface area contributed by atoms with Crippen LogP contribution in [-0.4, -0.2) is 18.4 Å². The summed E-state index contributed by atoms with van der Waals surface area (Å²) < 4.78 is 26.6. The van der Waals surface area contributed by atoms with Gasteiger partial charge >= 0.3 is 0 Å². The minimum absolute atomic E-state index is 0.163. The van der Waals surface area contributed by atoms with E-state index in [0.717, 1.165) is 0 Å². The Morgan fingerprint density at radius 2 is 1.83 bits per heavy atom. The number of nitrogens with two attached hydrogens (primary N) is 1. The van der Waals surface area contributed by atoms with Crippen molar-refractivity contribution in [2.75, 3.05) is 10.1 Å². The minimum atomic E-state index is -3.79. The molecule has 0 unspecified atom stereocenters. The fourth-order valence-corrected chi connectivity index (χ4v) is 2.50. The molecule has 0 fully saturated rings. The van der Waals surface area contributed by atoms with E-state index in [1.165, 1.54) is 36.8 Å². The van der Waals surface area contributed by atoms with Gasteiger partial charge in [-0.2, -0.15) is 8.42 Å². The maximum atomic E-state index is 12.1. The molecule has 0 aromatic carbocycles. The Balaban J connectivity index is 2.37. The molecule has 2 aromatic rings. The molecule has 2 rings (SSSR count). The van der Waals surface area contributed by atoms with Gasteiger partial charge in [-0.25, -0.2) is 4.98 Å². The van der Waals surface area contributed by atoms with Crippen molar-refractivity contribution < 1.29 is 8.42 Å². The average Bonchev–Trinajstić information content (AvgIpc) is 2.39. The van der Waals surface area contributed by atoms with Gasteiger partial charge in [0.25, 0.3) is 10.0 Å². The van der Waals surface area contributed by atoms with Crippen LogP contribution >= 0.6 is 0 Å². The third kappa shape index (κ3) is 2.55. The van der Waals surface area contributed by atoms with Gasteiger partial charge in [-0.05, 0) is 24.3 Å². The highest BCUT2D eigenvalue weighted by molar-refractivity contribution is 7.92. The molecule has 0 spiro atoms. The standard InChI is InChI=1S/C10H11N5O2S/c11-14-9-2-1-5-13-10(9)18(16,17)15-8-3-6-12-7-4-8/h1-7,14H,11H2,(H,12,15). The predicted molar refractivity (Wildman–Crippen MR) is 67.1 cm³/mol. The molecular weight excluding hydrogens is 254 g/mol. The highest BCUT2D eigenvalue weighted by Gasteiger charge is 2.19. The first-order chi connectivity index (χ1) is 8.63. The predicted octanol–water partition coefficient (Wildman–Crippen LogP) is 0.563. The first kappa shape index (κ1) is 12.3. The molecule has 0 atom stereocenters. The van der Waals surface area contributed by atoms with Crippen molar-refractivity contribution in [2.45, 2.75) is 5.03 Å². The van der Waals surface area contributed by atoms with Gasteiger partial charge in [-0.3, -0.25) is 15.5 Å². The van der Waals surface area contributed by atoms with Crippen LogP contribution in [0.4, 0.5) is 11.4 Å². The van der Waals surface area contributed by atoms with Crippen LogP contribution in [0.15, 0.2) is 47.9 Å². The Morgan fingerprint density at radius 3 is 2.50 bits per heavy atom. The lowest BCUT2D eigenvalue weighted by molar-refractivity contribution is 0.598. The third-order valence-electron chi connectivity index (χ3n) is 2.11. The Hall–Kier alpha value is -2.19. The van der Waals surface area contributed by atoms with Crippen molar-refractivity contribution in [1.29, 1.82) is 0 Å². The molecule has 0 bridgehead atoms. The molecule has 8 heteroatoms. The molecule has 0 aliphatic rings. The topological polar surface area (TPSA) is 110 Å². The summed E-state index contributed by atoms with van der Waals surface area (Å²) in [5.41, 5.74) is 2.92. The van der Waals surface area contributed by atoms with Crippen molar-refractivity contribution in [2.24, 2.45) is 5.84 Å². The molecule has 0 aliphatic heterocycles. The number of aromatic nitrogens is 2. The summed E-state index contributed by atoms with van der Waals surface area (Å²) in [6.45, 7) is 0. The van der Waals surface area contributed by atoms with Crippen LogP contribution in [0.3, 0.4) is 0 Å². The quantitative estimate of drug-likeness (QED) is 0.550. The number of hydrogen-bond donors (Lipinski definition) is 3. The van der Waals surface area contributed by atoms with Crippen molar-refractivity contribution >= 4 is 21.4 Å². The van der Waals surface area contributed by atoms with E-state index < -0.39 is 10.0 Å². The lowest BCUT2D eigenvalue weighted by Crippen LogP contribution is -2.18. The number of anilines is 2. The summed E-state index contributed by atoms with van der Waals surface area (Å²) in [4.78, 5) is 7.61. The van der Waals surface area contributed by atoms with Crippen LogP contribution < -0.4 is 16.0 Å². The van der Waals surface area contributed by atoms with E-state index in [2.05, 4.69) is 20.1 Å². The molecule has 94 valence electrons. The largest absolute Gasteiger partial charge is 0.321 e. The van der Waals surface area contributed by atoms with Crippen LogP contribution in [0.2, 0.25) is 0 Å². The number of hydrazine groups is 1. The molecule has 0 saturated carbocycles. The Bertz CT molecular complexity index is 630. The van der Waals surface area contributed by atoms with Gasteiger partial charge in [0.2, 0.25) is 5.03 Å². The number of rotatable bonds is 4. The molecule has 0 aliphatic carbocycles. The van der Waals surface area contributed by atoms with Crippen molar-refractivity contribution in [3.63, 3.8) is 0 Å². The van der Waals surface area contributed by atoms with Gasteiger partial charge in [0.1, 0.15) is 0 Å². The number of hydrogen-bond acceptors (Lipinski definition) is 6. The second-order valence-electron chi connectivity index (χ2n) is 3.34. The Morgan fingerprint density at radius 1 is 1.11 bits per heavy atom. The zero-order valence-electron chi connectivity index (χ0n) is 9.24. The first-order valence-electron chi connectivity index (χ1n) is 4.98. The fourth-order valence-electron chi connectivity index (χ4n) is 1.34. The second-order valence-corrected chi connectivity index (χ2v) is 4.94. The van der Waals surface area contributed by atoms with Crippen molar-refractivity contribution in [3.05, 3.63) is 42.9 Å². The van der Waals surface area contributed by atoms with Crippen LogP contribution in [0.1, 0.15) is 0 Å². The van der Waals surface area contributed by atoms with E-state index in [-0.39, 0.29) is 10.7 Å². The van der Waals surface area contributed by atoms with Crippen LogP contribution in [-0.2, 0) is 10.0 Å². The third-order valence-corrected chi connectivity index (χ3v) is 3.45. The van der Waals surface area contributed by atoms with Gasteiger partial charge in [-0.15, -0.1) is 0 Å². The summed E-state index contributed by atoms with van der Waals surface area (Å²) >= 11 is 0. The monoisotopic (exact) mass is 265 g/mol. The lowest BCUT2D eigenvalue weighted by Gasteiger charge is -2.10. The maximum Gasteiger partial charge on any atom is 0.281 e. The number of nitrogen functional groups attached to an aromatic ring is 1. The SMILES string of the molecule is NNc1cccnc1S(=O)(=O)Nc1ccncc1. The number of pyridine rings is 2. The fraction of sp³-hybridized carbons (Fsp3) is 0. The number of nitrogens with zero attached hydrogens (tertiary/aromatic N) is 2. The van der Waals surface area contributed by atoms with Gasteiger partial charge < -0.3 is 5.43 Å². The summed E-state index contributed by atoms with van der Waals surface area (Å²) in [5, 5.41) is -0.163. The van der Waals surface area contributed by atoms with Gasteiger partial charge in [0.15, 0.2) is 0 Å². The van der Waals surface area contributed by atoms with Crippen molar-refractivity contribution in [3.8, 4) is 0 Å². The highest BCUT2D eigenvalue weighted by Crippen LogP contribution is 2.19. The van der Waals surface area contributed by atoms with Crippen LogP contribution in [0.25, 0.3) is 0 Å². The molecule has 0 amide bonds. The molecule has 2 heterocycles. The highest BCUT2D eigenvalue weighted by atomic mass is 32.2. The Kier molecular flexibility index (Phi) is 3.40. The first-order valence-corrected chi connectivity index (χ1v) is 6.46. The number of sulfonamides is 1. The smallest absolute Gasteiger partial charge is 0.281 e. The van der Waals surface area contributed by atoms with Crippen LogP contribution in [0.5, 0.6) is 0 Å². The van der Waals surface area contributed by atoms with E-state index in [1.54, 1.807) is 6.07 Å². The van der Waals surface area contributed by atoms with Gasteiger partial charge in [0, 0.05) is 18.6 Å². The summed E-state index contributed by atoms with van der Waals surface area (Å²) in [6.07, 6.45) is 4.35. The van der Waals surface area contributed by atoms with Crippen LogP contribution in [0, 0.1) is 0 Å². The molecule has 7 nitrogen and oxygen atoms in total.